The zero-order valence-electron chi connectivity index (χ0n) is 19.0. The summed E-state index contributed by atoms with van der Waals surface area (Å²) in [5, 5.41) is 7.22. The summed E-state index contributed by atoms with van der Waals surface area (Å²) >= 11 is 0. The van der Waals surface area contributed by atoms with Gasteiger partial charge >= 0.3 is 6.18 Å². The van der Waals surface area contributed by atoms with Crippen molar-refractivity contribution in [2.75, 3.05) is 5.32 Å². The molecule has 0 unspecified atom stereocenters. The van der Waals surface area contributed by atoms with Crippen molar-refractivity contribution in [2.24, 2.45) is 0 Å². The normalized spacial score (nSPS) is 15.2. The van der Waals surface area contributed by atoms with E-state index < -0.39 is 11.7 Å². The lowest BCUT2D eigenvalue weighted by molar-refractivity contribution is -0.137. The highest BCUT2D eigenvalue weighted by molar-refractivity contribution is 5.85. The van der Waals surface area contributed by atoms with Crippen LogP contribution in [0.25, 0.3) is 22.6 Å². The Kier molecular flexibility index (Phi) is 5.75. The average molecular weight is 470 g/mol. The molecule has 1 aliphatic carbocycles. The Balaban J connectivity index is 1.56. The van der Waals surface area contributed by atoms with Crippen molar-refractivity contribution in [1.82, 2.24) is 24.7 Å². The number of halogens is 3. The fourth-order valence-electron chi connectivity index (χ4n) is 4.62. The molecule has 0 amide bonds. The van der Waals surface area contributed by atoms with Gasteiger partial charge in [0.1, 0.15) is 11.3 Å². The van der Waals surface area contributed by atoms with E-state index in [4.69, 9.17) is 9.51 Å². The van der Waals surface area contributed by atoms with Gasteiger partial charge in [-0.05, 0) is 44.4 Å². The van der Waals surface area contributed by atoms with E-state index in [1.807, 2.05) is 6.92 Å². The van der Waals surface area contributed by atoms with E-state index in [-0.39, 0.29) is 6.54 Å². The van der Waals surface area contributed by atoms with E-state index in [0.29, 0.717) is 51.4 Å². The zero-order chi connectivity index (χ0) is 23.9. The first-order valence-corrected chi connectivity index (χ1v) is 11.4. The first-order valence-electron chi connectivity index (χ1n) is 11.4. The number of fused-ring (bicyclic) bond motifs is 1. The Morgan fingerprint density at radius 1 is 1.12 bits per heavy atom. The van der Waals surface area contributed by atoms with Gasteiger partial charge in [0.2, 0.25) is 0 Å². The molecule has 10 heteroatoms. The second-order valence-electron chi connectivity index (χ2n) is 8.76. The van der Waals surface area contributed by atoms with Crippen LogP contribution >= 0.6 is 0 Å². The molecule has 4 aromatic rings. The predicted octanol–water partition coefficient (Wildman–Crippen LogP) is 6.23. The largest absolute Gasteiger partial charge is 0.416 e. The zero-order valence-corrected chi connectivity index (χ0v) is 19.0. The lowest BCUT2D eigenvalue weighted by atomic mass is 9.95. The number of aromatic nitrogens is 5. The van der Waals surface area contributed by atoms with Crippen molar-refractivity contribution >= 4 is 17.0 Å². The number of anilines is 1. The molecule has 7 nitrogen and oxygen atoms in total. The molecular weight excluding hydrogens is 445 g/mol. The van der Waals surface area contributed by atoms with Crippen LogP contribution in [0, 0.1) is 13.8 Å². The predicted molar refractivity (Wildman–Crippen MR) is 121 cm³/mol. The highest BCUT2D eigenvalue weighted by Crippen LogP contribution is 2.34. The van der Waals surface area contributed by atoms with Crippen molar-refractivity contribution in [3.05, 3.63) is 53.2 Å². The summed E-state index contributed by atoms with van der Waals surface area (Å²) in [6.07, 6.45) is 3.06. The van der Waals surface area contributed by atoms with Gasteiger partial charge < -0.3 is 14.4 Å². The van der Waals surface area contributed by atoms with E-state index >= 15 is 0 Å². The van der Waals surface area contributed by atoms with Gasteiger partial charge in [-0.2, -0.15) is 13.2 Å². The van der Waals surface area contributed by atoms with E-state index in [0.717, 1.165) is 37.8 Å². The molecule has 0 radical (unpaired) electrons. The van der Waals surface area contributed by atoms with Gasteiger partial charge in [0.05, 0.1) is 23.1 Å². The standard InChI is InChI=1S/C24H25F3N6O/c1-14-19(15(2)34-32-14)21-30-22(28-12-16-7-6-8-17(11-16)24(25,26)27)20-23(31-21)33(13-29-20)18-9-4-3-5-10-18/h6-8,11,13,18H,3-5,9-10,12H2,1-2H3,(H,28,30,31). The molecule has 1 N–H and O–H groups in total. The van der Waals surface area contributed by atoms with Crippen molar-refractivity contribution in [3.8, 4) is 11.4 Å². The molecule has 1 aliphatic rings. The lowest BCUT2D eigenvalue weighted by Crippen LogP contribution is -2.13. The quantitative estimate of drug-likeness (QED) is 0.372. The number of benzene rings is 1. The minimum Gasteiger partial charge on any atom is -0.364 e. The molecule has 1 aromatic carbocycles. The monoisotopic (exact) mass is 470 g/mol. The van der Waals surface area contributed by atoms with Crippen molar-refractivity contribution in [1.29, 1.82) is 0 Å². The molecule has 0 atom stereocenters. The molecule has 3 aromatic heterocycles. The second-order valence-corrected chi connectivity index (χ2v) is 8.76. The third-order valence-electron chi connectivity index (χ3n) is 6.36. The summed E-state index contributed by atoms with van der Waals surface area (Å²) in [6, 6.07) is 5.57. The smallest absolute Gasteiger partial charge is 0.364 e. The van der Waals surface area contributed by atoms with Crippen LogP contribution < -0.4 is 5.32 Å². The summed E-state index contributed by atoms with van der Waals surface area (Å²) in [7, 11) is 0. The molecule has 0 bridgehead atoms. The van der Waals surface area contributed by atoms with Crippen LogP contribution in [0.3, 0.4) is 0 Å². The molecule has 0 aliphatic heterocycles. The highest BCUT2D eigenvalue weighted by atomic mass is 19.4. The Labute approximate surface area is 194 Å². The van der Waals surface area contributed by atoms with Gasteiger partial charge in [-0.15, -0.1) is 0 Å². The Bertz CT molecular complexity index is 1300. The minimum atomic E-state index is -4.40. The van der Waals surface area contributed by atoms with Crippen LogP contribution in [-0.4, -0.2) is 24.7 Å². The van der Waals surface area contributed by atoms with Gasteiger partial charge in [-0.1, -0.05) is 36.6 Å². The van der Waals surface area contributed by atoms with Crippen LogP contribution in [-0.2, 0) is 12.7 Å². The Morgan fingerprint density at radius 2 is 1.91 bits per heavy atom. The van der Waals surface area contributed by atoms with Gasteiger partial charge in [0, 0.05) is 12.6 Å². The molecule has 0 saturated heterocycles. The molecule has 1 fully saturated rings. The summed E-state index contributed by atoms with van der Waals surface area (Å²) in [6.45, 7) is 3.79. The number of imidazole rings is 1. The summed E-state index contributed by atoms with van der Waals surface area (Å²) in [4.78, 5) is 14.1. The maximum Gasteiger partial charge on any atom is 0.416 e. The topological polar surface area (TPSA) is 81.7 Å². The summed E-state index contributed by atoms with van der Waals surface area (Å²) < 4.78 is 46.8. The Hall–Kier alpha value is -3.43. The number of nitrogens with zero attached hydrogens (tertiary/aromatic N) is 5. The number of aryl methyl sites for hydroxylation is 2. The van der Waals surface area contributed by atoms with Crippen LogP contribution in [0.4, 0.5) is 19.0 Å². The van der Waals surface area contributed by atoms with E-state index in [9.17, 15) is 13.2 Å². The van der Waals surface area contributed by atoms with Crippen LogP contribution in [0.1, 0.15) is 60.7 Å². The fraction of sp³-hybridized carbons (Fsp3) is 0.417. The summed E-state index contributed by atoms with van der Waals surface area (Å²) in [5.41, 5.74) is 2.48. The third kappa shape index (κ3) is 4.24. The lowest BCUT2D eigenvalue weighted by Gasteiger charge is -2.23. The molecule has 34 heavy (non-hydrogen) atoms. The summed E-state index contributed by atoms with van der Waals surface area (Å²) in [5.74, 6) is 1.52. The number of rotatable bonds is 5. The van der Waals surface area contributed by atoms with Crippen molar-refractivity contribution in [2.45, 2.75) is 64.7 Å². The minimum absolute atomic E-state index is 0.160. The third-order valence-corrected chi connectivity index (χ3v) is 6.36. The number of alkyl halides is 3. The first kappa shape index (κ1) is 22.4. The molecular formula is C24H25F3N6O. The number of hydrogen-bond donors (Lipinski definition) is 1. The highest BCUT2D eigenvalue weighted by Gasteiger charge is 2.30. The number of hydrogen-bond acceptors (Lipinski definition) is 6. The molecule has 3 heterocycles. The van der Waals surface area contributed by atoms with Gasteiger partial charge in [-0.3, -0.25) is 0 Å². The molecule has 5 rings (SSSR count). The van der Waals surface area contributed by atoms with E-state index in [2.05, 4.69) is 25.0 Å². The first-order chi connectivity index (χ1) is 16.3. The SMILES string of the molecule is Cc1noc(C)c1-c1nc(NCc2cccc(C(F)(F)F)c2)c2ncn(C3CCCCC3)c2n1. The van der Waals surface area contributed by atoms with Crippen LogP contribution in [0.15, 0.2) is 35.1 Å². The second kappa shape index (κ2) is 8.73. The van der Waals surface area contributed by atoms with Crippen LogP contribution in [0.5, 0.6) is 0 Å². The van der Waals surface area contributed by atoms with Crippen LogP contribution in [0.2, 0.25) is 0 Å². The average Bonchev–Trinajstić information content (AvgIpc) is 3.40. The van der Waals surface area contributed by atoms with E-state index in [1.165, 1.54) is 12.5 Å². The van der Waals surface area contributed by atoms with Crippen molar-refractivity contribution in [3.63, 3.8) is 0 Å². The maximum absolute atomic E-state index is 13.1. The Morgan fingerprint density at radius 3 is 2.62 bits per heavy atom. The van der Waals surface area contributed by atoms with Gasteiger partial charge in [-0.25, -0.2) is 15.0 Å². The van der Waals surface area contributed by atoms with Gasteiger partial charge in [0.25, 0.3) is 0 Å². The molecule has 178 valence electrons. The molecule has 1 saturated carbocycles. The maximum atomic E-state index is 13.1. The number of nitrogens with one attached hydrogen (secondary N) is 1. The van der Waals surface area contributed by atoms with Gasteiger partial charge in [0.15, 0.2) is 17.3 Å². The fourth-order valence-corrected chi connectivity index (χ4v) is 4.62. The van der Waals surface area contributed by atoms with E-state index in [1.54, 1.807) is 19.3 Å². The van der Waals surface area contributed by atoms with Crippen molar-refractivity contribution < 1.29 is 17.7 Å². The molecule has 0 spiro atoms.